The summed E-state index contributed by atoms with van der Waals surface area (Å²) in [6.45, 7) is 6.53. The van der Waals surface area contributed by atoms with Crippen LogP contribution in [0.2, 0.25) is 5.02 Å². The van der Waals surface area contributed by atoms with E-state index in [0.29, 0.717) is 23.9 Å². The summed E-state index contributed by atoms with van der Waals surface area (Å²) in [4.78, 5) is 2.23. The van der Waals surface area contributed by atoms with Gasteiger partial charge < -0.3 is 19.3 Å². The molecule has 0 amide bonds. The first-order valence-corrected chi connectivity index (χ1v) is 11.1. The predicted octanol–water partition coefficient (Wildman–Crippen LogP) is 5.13. The third-order valence-corrected chi connectivity index (χ3v) is 5.72. The molecule has 0 aliphatic carbocycles. The van der Waals surface area contributed by atoms with Crippen LogP contribution in [0.1, 0.15) is 22.3 Å². The van der Waals surface area contributed by atoms with Gasteiger partial charge in [0.25, 0.3) is 0 Å². The number of ether oxygens (including phenoxy) is 3. The van der Waals surface area contributed by atoms with Crippen molar-refractivity contribution in [2.24, 2.45) is 0 Å². The molecule has 3 aromatic rings. The zero-order valence-corrected chi connectivity index (χ0v) is 19.1. The average molecular weight is 454 g/mol. The van der Waals surface area contributed by atoms with E-state index in [1.165, 1.54) is 16.7 Å². The maximum Gasteiger partial charge on any atom is 0.231 e. The molecule has 0 saturated carbocycles. The molecule has 5 nitrogen and oxygen atoms in total. The summed E-state index contributed by atoms with van der Waals surface area (Å²) in [6.07, 6.45) is -0.648. The molecular weight excluding hydrogens is 426 g/mol. The Morgan fingerprint density at radius 2 is 1.75 bits per heavy atom. The third-order valence-electron chi connectivity index (χ3n) is 5.47. The summed E-state index contributed by atoms with van der Waals surface area (Å²) < 4.78 is 16.7. The van der Waals surface area contributed by atoms with E-state index < -0.39 is 6.10 Å². The first-order valence-electron chi connectivity index (χ1n) is 10.7. The number of hydrogen-bond donors (Lipinski definition) is 1. The SMILES string of the molecule is Cc1ccc(C)c(CN(Cc2ccc3c(c2)OCO3)CC(O)COc2ccc(Cl)cc2)c1. The molecule has 6 heteroatoms. The highest BCUT2D eigenvalue weighted by molar-refractivity contribution is 6.30. The van der Waals surface area contributed by atoms with Gasteiger partial charge in [-0.05, 0) is 66.9 Å². The minimum Gasteiger partial charge on any atom is -0.491 e. The van der Waals surface area contributed by atoms with Crippen molar-refractivity contribution in [3.05, 3.63) is 87.9 Å². The van der Waals surface area contributed by atoms with E-state index in [1.807, 2.05) is 18.2 Å². The van der Waals surface area contributed by atoms with E-state index in [0.717, 1.165) is 23.6 Å². The molecule has 32 heavy (non-hydrogen) atoms. The van der Waals surface area contributed by atoms with Crippen molar-refractivity contribution in [1.82, 2.24) is 4.90 Å². The standard InChI is InChI=1S/C26H28ClNO4/c1-18-3-4-19(2)21(11-18)14-28(13-20-5-10-25-26(12-20)32-17-31-25)15-23(29)16-30-24-8-6-22(27)7-9-24/h3-12,23,29H,13-17H2,1-2H3. The smallest absolute Gasteiger partial charge is 0.231 e. The second-order valence-corrected chi connectivity index (χ2v) is 8.64. The fourth-order valence-corrected chi connectivity index (χ4v) is 3.89. The van der Waals surface area contributed by atoms with Gasteiger partial charge in [0.05, 0.1) is 0 Å². The number of hydrogen-bond acceptors (Lipinski definition) is 5. The molecule has 3 aromatic carbocycles. The van der Waals surface area contributed by atoms with Crippen LogP contribution in [0.15, 0.2) is 60.7 Å². The Morgan fingerprint density at radius 3 is 2.56 bits per heavy atom. The molecule has 0 spiro atoms. The van der Waals surface area contributed by atoms with Crippen LogP contribution >= 0.6 is 11.6 Å². The van der Waals surface area contributed by atoms with Gasteiger partial charge in [0, 0.05) is 24.7 Å². The van der Waals surface area contributed by atoms with E-state index >= 15 is 0 Å². The highest BCUT2D eigenvalue weighted by atomic mass is 35.5. The van der Waals surface area contributed by atoms with E-state index in [1.54, 1.807) is 24.3 Å². The fourth-order valence-electron chi connectivity index (χ4n) is 3.77. The molecule has 168 valence electrons. The molecule has 1 unspecified atom stereocenters. The van der Waals surface area contributed by atoms with Crippen molar-refractivity contribution in [2.75, 3.05) is 19.9 Å². The van der Waals surface area contributed by atoms with Crippen molar-refractivity contribution in [2.45, 2.75) is 33.0 Å². The van der Waals surface area contributed by atoms with Crippen molar-refractivity contribution >= 4 is 11.6 Å². The zero-order valence-electron chi connectivity index (χ0n) is 18.4. The molecule has 1 heterocycles. The van der Waals surface area contributed by atoms with Crippen molar-refractivity contribution < 1.29 is 19.3 Å². The fraction of sp³-hybridized carbons (Fsp3) is 0.308. The molecule has 0 aromatic heterocycles. The number of aliphatic hydroxyl groups is 1. The monoisotopic (exact) mass is 453 g/mol. The summed E-state index contributed by atoms with van der Waals surface area (Å²) in [5, 5.41) is 11.4. The molecule has 0 radical (unpaired) electrons. The first-order chi connectivity index (χ1) is 15.5. The maximum absolute atomic E-state index is 10.7. The molecule has 1 aliphatic rings. The Kier molecular flexibility index (Phi) is 7.20. The molecular formula is C26H28ClNO4. The molecule has 1 atom stereocenters. The summed E-state index contributed by atoms with van der Waals surface area (Å²) in [5.41, 5.74) is 4.81. The average Bonchev–Trinajstić information content (AvgIpc) is 3.24. The minimum absolute atomic E-state index is 0.200. The Hall–Kier alpha value is -2.73. The van der Waals surface area contributed by atoms with Crippen LogP contribution in [0.3, 0.4) is 0 Å². The van der Waals surface area contributed by atoms with Crippen LogP contribution in [0.5, 0.6) is 17.2 Å². The third kappa shape index (κ3) is 5.94. The van der Waals surface area contributed by atoms with Crippen LogP contribution in [-0.4, -0.2) is 36.1 Å². The lowest BCUT2D eigenvalue weighted by atomic mass is 10.0. The van der Waals surface area contributed by atoms with Crippen molar-refractivity contribution in [1.29, 1.82) is 0 Å². The number of aliphatic hydroxyl groups excluding tert-OH is 1. The van der Waals surface area contributed by atoms with Crippen LogP contribution in [0.25, 0.3) is 0 Å². The second kappa shape index (κ2) is 10.3. The number of benzene rings is 3. The van der Waals surface area contributed by atoms with Gasteiger partial charge in [0.15, 0.2) is 11.5 Å². The Labute approximate surface area is 194 Å². The topological polar surface area (TPSA) is 51.2 Å². The first kappa shape index (κ1) is 22.5. The van der Waals surface area contributed by atoms with E-state index in [4.69, 9.17) is 25.8 Å². The highest BCUT2D eigenvalue weighted by Gasteiger charge is 2.18. The molecule has 1 N–H and O–H groups in total. The van der Waals surface area contributed by atoms with E-state index in [2.05, 4.69) is 36.9 Å². The van der Waals surface area contributed by atoms with Gasteiger partial charge in [-0.15, -0.1) is 0 Å². The van der Waals surface area contributed by atoms with Gasteiger partial charge in [0.2, 0.25) is 6.79 Å². The lowest BCUT2D eigenvalue weighted by Gasteiger charge is -2.26. The highest BCUT2D eigenvalue weighted by Crippen LogP contribution is 2.33. The van der Waals surface area contributed by atoms with E-state index in [-0.39, 0.29) is 13.4 Å². The van der Waals surface area contributed by atoms with Gasteiger partial charge in [-0.1, -0.05) is 41.4 Å². The maximum atomic E-state index is 10.7. The Balaban J connectivity index is 1.45. The zero-order chi connectivity index (χ0) is 22.5. The summed E-state index contributed by atoms with van der Waals surface area (Å²) >= 11 is 5.93. The quantitative estimate of drug-likeness (QED) is 0.487. The van der Waals surface area contributed by atoms with Gasteiger partial charge in [-0.25, -0.2) is 0 Å². The molecule has 1 aliphatic heterocycles. The molecule has 0 bridgehead atoms. The summed E-state index contributed by atoms with van der Waals surface area (Å²) in [6, 6.07) is 19.6. The van der Waals surface area contributed by atoms with Crippen LogP contribution in [-0.2, 0) is 13.1 Å². The van der Waals surface area contributed by atoms with Crippen molar-refractivity contribution in [3.63, 3.8) is 0 Å². The largest absolute Gasteiger partial charge is 0.491 e. The normalized spacial score (nSPS) is 13.4. The van der Waals surface area contributed by atoms with Crippen molar-refractivity contribution in [3.8, 4) is 17.2 Å². The van der Waals surface area contributed by atoms with Gasteiger partial charge in [0.1, 0.15) is 18.5 Å². The van der Waals surface area contributed by atoms with Crippen LogP contribution in [0, 0.1) is 13.8 Å². The number of nitrogens with zero attached hydrogens (tertiary/aromatic N) is 1. The number of rotatable bonds is 9. The van der Waals surface area contributed by atoms with Gasteiger partial charge in [-0.2, -0.15) is 0 Å². The number of aryl methyl sites for hydroxylation is 2. The predicted molar refractivity (Wildman–Crippen MR) is 126 cm³/mol. The summed E-state index contributed by atoms with van der Waals surface area (Å²) in [5.74, 6) is 2.22. The summed E-state index contributed by atoms with van der Waals surface area (Å²) in [7, 11) is 0. The van der Waals surface area contributed by atoms with Gasteiger partial charge >= 0.3 is 0 Å². The molecule has 0 saturated heterocycles. The minimum atomic E-state index is -0.648. The Morgan fingerprint density at radius 1 is 0.969 bits per heavy atom. The number of halogens is 1. The molecule has 0 fully saturated rings. The van der Waals surface area contributed by atoms with Crippen LogP contribution in [0.4, 0.5) is 0 Å². The Bertz CT molecular complexity index is 1050. The van der Waals surface area contributed by atoms with Crippen LogP contribution < -0.4 is 14.2 Å². The molecule has 4 rings (SSSR count). The second-order valence-electron chi connectivity index (χ2n) is 8.21. The lowest BCUT2D eigenvalue weighted by Crippen LogP contribution is -2.35. The van der Waals surface area contributed by atoms with Gasteiger partial charge in [-0.3, -0.25) is 4.90 Å². The van der Waals surface area contributed by atoms with E-state index in [9.17, 15) is 5.11 Å². The number of fused-ring (bicyclic) bond motifs is 1. The lowest BCUT2D eigenvalue weighted by molar-refractivity contribution is 0.0627.